The minimum Gasteiger partial charge on any atom is -0.548 e. The number of aliphatic carboxylic acids is 1. The fourth-order valence-electron chi connectivity index (χ4n) is 4.03. The normalized spacial score (nSPS) is 26.1. The molecule has 0 radical (unpaired) electrons. The summed E-state index contributed by atoms with van der Waals surface area (Å²) >= 11 is 13.9. The van der Waals surface area contributed by atoms with E-state index < -0.39 is 40.0 Å². The van der Waals surface area contributed by atoms with Crippen molar-refractivity contribution in [1.82, 2.24) is 10.2 Å². The van der Waals surface area contributed by atoms with Gasteiger partial charge in [-0.1, -0.05) is 29.3 Å². The maximum absolute atomic E-state index is 13.1. The number of benzene rings is 1. The van der Waals surface area contributed by atoms with Gasteiger partial charge in [0, 0.05) is 4.75 Å². The van der Waals surface area contributed by atoms with Crippen LogP contribution in [0.2, 0.25) is 10.0 Å². The molecule has 3 unspecified atom stereocenters. The molecule has 0 aliphatic carbocycles. The van der Waals surface area contributed by atoms with Crippen molar-refractivity contribution in [2.24, 2.45) is 0 Å². The van der Waals surface area contributed by atoms with Crippen molar-refractivity contribution in [3.63, 3.8) is 0 Å². The number of halogens is 2. The Kier molecular flexibility index (Phi) is 6.87. The fraction of sp³-hybridized carbons (Fsp3) is 0.421. The number of carboxylic acid groups (broad SMARTS) is 1. The Hall–Kier alpha value is -1.10. The number of rotatable bonds is 4. The predicted molar refractivity (Wildman–Crippen MR) is 111 cm³/mol. The van der Waals surface area contributed by atoms with Gasteiger partial charge in [0.05, 0.1) is 27.7 Å². The topological polar surface area (TPSA) is 102 Å². The number of nitrogens with one attached hydrogen (secondary N) is 1. The van der Waals surface area contributed by atoms with Crippen LogP contribution in [0.4, 0.5) is 5.69 Å². The van der Waals surface area contributed by atoms with Gasteiger partial charge in [0.2, 0.25) is 5.91 Å². The number of fused-ring (bicyclic) bond motifs is 1. The third kappa shape index (κ3) is 3.94. The Bertz CT molecular complexity index is 985. The summed E-state index contributed by atoms with van der Waals surface area (Å²) < 4.78 is 4.80. The molecule has 3 aliphatic heterocycles. The average Bonchev–Trinajstić information content (AvgIpc) is 3.14. The molecule has 2 fully saturated rings. The van der Waals surface area contributed by atoms with E-state index >= 15 is 0 Å². The van der Waals surface area contributed by atoms with Crippen LogP contribution < -0.4 is 44.9 Å². The molecule has 0 saturated carbocycles. The summed E-state index contributed by atoms with van der Waals surface area (Å²) in [5, 5.41) is 14.5. The van der Waals surface area contributed by atoms with Crippen molar-refractivity contribution in [3.8, 4) is 0 Å². The molecule has 8 nitrogen and oxygen atoms in total. The second-order valence-corrected chi connectivity index (χ2v) is 10.3. The van der Waals surface area contributed by atoms with Crippen molar-refractivity contribution in [2.75, 3.05) is 11.6 Å². The molecule has 31 heavy (non-hydrogen) atoms. The van der Waals surface area contributed by atoms with E-state index in [9.17, 15) is 19.5 Å². The third-order valence-electron chi connectivity index (χ3n) is 5.39. The van der Waals surface area contributed by atoms with Crippen molar-refractivity contribution in [1.29, 1.82) is 0 Å². The zero-order valence-corrected chi connectivity index (χ0v) is 21.6. The second kappa shape index (κ2) is 8.68. The van der Waals surface area contributed by atoms with Crippen LogP contribution in [0.15, 0.2) is 29.7 Å². The quantitative estimate of drug-likeness (QED) is 0.394. The molecule has 3 atom stereocenters. The van der Waals surface area contributed by atoms with Crippen LogP contribution in [0, 0.1) is 0 Å². The summed E-state index contributed by atoms with van der Waals surface area (Å²) in [6, 6.07) is 3.08. The molecule has 160 valence electrons. The molecule has 3 aliphatic rings. The maximum Gasteiger partial charge on any atom is 1.00 e. The summed E-state index contributed by atoms with van der Waals surface area (Å²) in [5.74, 6) is -1.94. The molecular weight excluding hydrogens is 476 g/mol. The van der Waals surface area contributed by atoms with Crippen LogP contribution in [-0.2, 0) is 19.1 Å². The average molecular weight is 494 g/mol. The number of hydrogen-bond donors (Lipinski definition) is 1. The van der Waals surface area contributed by atoms with Gasteiger partial charge in [0.25, 0.3) is 5.91 Å². The van der Waals surface area contributed by atoms with Crippen LogP contribution in [0.25, 0.3) is 0 Å². The Morgan fingerprint density at radius 3 is 2.48 bits per heavy atom. The number of carbonyl (C=O) groups excluding carboxylic acids is 3. The van der Waals surface area contributed by atoms with E-state index in [-0.39, 0.29) is 42.0 Å². The molecule has 0 bridgehead atoms. The van der Waals surface area contributed by atoms with E-state index in [1.54, 1.807) is 43.9 Å². The first-order valence-corrected chi connectivity index (χ1v) is 10.7. The van der Waals surface area contributed by atoms with Gasteiger partial charge in [-0.15, -0.1) is 11.8 Å². The SMILES string of the molecule is CC1=C(C(=O)NC2C(=O)N3C2SC(C)(C)C3C(=O)[O-])N(c2c(Cl)cccc2Cl)CO1.[Na+]. The molecule has 12 heteroatoms. The Morgan fingerprint density at radius 2 is 1.90 bits per heavy atom. The minimum atomic E-state index is -1.31. The summed E-state index contributed by atoms with van der Waals surface area (Å²) in [6.45, 7) is 5.15. The van der Waals surface area contributed by atoms with E-state index in [1.807, 2.05) is 0 Å². The van der Waals surface area contributed by atoms with Crippen LogP contribution in [-0.4, -0.2) is 51.6 Å². The van der Waals surface area contributed by atoms with Gasteiger partial charge in [-0.25, -0.2) is 0 Å². The van der Waals surface area contributed by atoms with Gasteiger partial charge in [0.1, 0.15) is 22.9 Å². The van der Waals surface area contributed by atoms with Gasteiger partial charge in [-0.2, -0.15) is 0 Å². The number of carbonyl (C=O) groups is 3. The van der Waals surface area contributed by atoms with Crippen molar-refractivity contribution < 1.29 is 53.8 Å². The first-order chi connectivity index (χ1) is 14.0. The van der Waals surface area contributed by atoms with Crippen LogP contribution >= 0.6 is 35.0 Å². The second-order valence-electron chi connectivity index (χ2n) is 7.71. The van der Waals surface area contributed by atoms with Gasteiger partial charge >= 0.3 is 29.6 Å². The van der Waals surface area contributed by atoms with E-state index in [0.29, 0.717) is 21.5 Å². The Balaban J connectivity index is 0.00000272. The first-order valence-electron chi connectivity index (χ1n) is 9.11. The number of carboxylic acids is 1. The summed E-state index contributed by atoms with van der Waals surface area (Å²) in [7, 11) is 0. The van der Waals surface area contributed by atoms with E-state index in [4.69, 9.17) is 27.9 Å². The van der Waals surface area contributed by atoms with Crippen molar-refractivity contribution >= 4 is 58.4 Å². The van der Waals surface area contributed by atoms with Crippen molar-refractivity contribution in [3.05, 3.63) is 39.7 Å². The fourth-order valence-corrected chi connectivity index (χ4v) is 6.25. The molecule has 0 aromatic heterocycles. The monoisotopic (exact) mass is 493 g/mol. The number of β-lactam (4-membered cyclic amide) rings is 1. The zero-order valence-electron chi connectivity index (χ0n) is 17.3. The molecule has 0 spiro atoms. The molecule has 1 N–H and O–H groups in total. The number of hydrogen-bond acceptors (Lipinski definition) is 7. The van der Waals surface area contributed by atoms with Crippen LogP contribution in [0.5, 0.6) is 0 Å². The zero-order chi connectivity index (χ0) is 22.0. The standard InChI is InChI=1S/C19H19Cl2N3O5S.Na/c1-8-12(23(7-29-8)13-9(20)5-4-6-10(13)21)15(25)22-11-16(26)24-14(18(27)28)19(2,3)30-17(11)24;/h4-6,11,14,17H,7H2,1-3H3,(H,22,25)(H,27,28);/q;+1/p-1. The number of nitrogens with zero attached hydrogens (tertiary/aromatic N) is 2. The molecule has 2 amide bonds. The number of thioether (sulfide) groups is 1. The van der Waals surface area contributed by atoms with Gasteiger partial charge in [-0.05, 0) is 32.9 Å². The summed E-state index contributed by atoms with van der Waals surface area (Å²) in [5.41, 5.74) is 0.618. The van der Waals surface area contributed by atoms with Gasteiger partial charge in [0.15, 0.2) is 6.73 Å². The van der Waals surface area contributed by atoms with Crippen molar-refractivity contribution in [2.45, 2.75) is 43.0 Å². The van der Waals surface area contributed by atoms with Crippen LogP contribution in [0.1, 0.15) is 20.8 Å². The molecule has 1 aromatic rings. The van der Waals surface area contributed by atoms with E-state index in [2.05, 4.69) is 5.32 Å². The minimum absolute atomic E-state index is 0. The first kappa shape index (κ1) is 24.5. The van der Waals surface area contributed by atoms with E-state index in [0.717, 1.165) is 0 Å². The number of amides is 2. The number of ether oxygens (including phenoxy) is 1. The summed E-state index contributed by atoms with van der Waals surface area (Å²) in [6.07, 6.45) is 0. The molecule has 3 heterocycles. The van der Waals surface area contributed by atoms with Gasteiger partial charge < -0.3 is 24.9 Å². The van der Waals surface area contributed by atoms with E-state index in [1.165, 1.54) is 16.7 Å². The third-order valence-corrected chi connectivity index (χ3v) is 7.57. The summed E-state index contributed by atoms with van der Waals surface area (Å²) in [4.78, 5) is 40.1. The number of para-hydroxylation sites is 1. The Labute approximate surface area is 215 Å². The smallest absolute Gasteiger partial charge is 0.548 e. The molecule has 4 rings (SSSR count). The predicted octanol–water partition coefficient (Wildman–Crippen LogP) is -1.68. The van der Waals surface area contributed by atoms with Gasteiger partial charge in [-0.3, -0.25) is 14.5 Å². The largest absolute Gasteiger partial charge is 1.00 e. The number of anilines is 1. The molecule has 1 aromatic carbocycles. The molecular formula is C19H18Cl2N3NaO5S. The van der Waals surface area contributed by atoms with Crippen LogP contribution in [0.3, 0.4) is 0 Å². The maximum atomic E-state index is 13.1. The number of allylic oxidation sites excluding steroid dienone is 1. The Morgan fingerprint density at radius 1 is 1.29 bits per heavy atom. The molecule has 2 saturated heterocycles.